The Bertz CT molecular complexity index is 1070. The maximum Gasteiger partial charge on any atom is 0.279 e. The Labute approximate surface area is 167 Å². The predicted octanol–water partition coefficient (Wildman–Crippen LogP) is 4.99. The molecule has 0 saturated heterocycles. The SMILES string of the molecule is O=S(=O)(c1ccccc1)N1N=C(c2ccccc2)C[C@@H]1c1ccc(Br)cc1. The van der Waals surface area contributed by atoms with Gasteiger partial charge in [-0.25, -0.2) is 0 Å². The number of nitrogens with zero attached hydrogens (tertiary/aromatic N) is 2. The van der Waals surface area contributed by atoms with E-state index in [0.717, 1.165) is 21.3 Å². The third-order valence-corrected chi connectivity index (χ3v) is 6.75. The highest BCUT2D eigenvalue weighted by molar-refractivity contribution is 9.10. The van der Waals surface area contributed by atoms with Gasteiger partial charge in [-0.1, -0.05) is 76.6 Å². The maximum absolute atomic E-state index is 13.3. The first-order chi connectivity index (χ1) is 13.1. The molecule has 1 heterocycles. The summed E-state index contributed by atoms with van der Waals surface area (Å²) in [5.74, 6) is 0. The Balaban J connectivity index is 1.80. The molecule has 1 aliphatic rings. The van der Waals surface area contributed by atoms with Crippen LogP contribution in [0.1, 0.15) is 23.6 Å². The molecule has 1 aliphatic heterocycles. The zero-order valence-electron chi connectivity index (χ0n) is 14.4. The average molecular weight is 441 g/mol. The van der Waals surface area contributed by atoms with Crippen LogP contribution in [-0.2, 0) is 10.0 Å². The van der Waals surface area contributed by atoms with Gasteiger partial charge < -0.3 is 0 Å². The van der Waals surface area contributed by atoms with E-state index in [2.05, 4.69) is 21.0 Å². The average Bonchev–Trinajstić information content (AvgIpc) is 3.16. The summed E-state index contributed by atoms with van der Waals surface area (Å²) < 4.78 is 28.8. The van der Waals surface area contributed by atoms with Crippen molar-refractivity contribution in [2.45, 2.75) is 17.4 Å². The molecule has 0 spiro atoms. The Morgan fingerprint density at radius 3 is 2.07 bits per heavy atom. The highest BCUT2D eigenvalue weighted by Gasteiger charge is 2.37. The van der Waals surface area contributed by atoms with E-state index in [0.29, 0.717) is 6.42 Å². The van der Waals surface area contributed by atoms with E-state index in [4.69, 9.17) is 0 Å². The molecule has 6 heteroatoms. The van der Waals surface area contributed by atoms with E-state index in [1.165, 1.54) is 4.41 Å². The van der Waals surface area contributed by atoms with Crippen LogP contribution in [-0.4, -0.2) is 18.5 Å². The molecule has 0 aliphatic carbocycles. The summed E-state index contributed by atoms with van der Waals surface area (Å²) in [5.41, 5.74) is 2.61. The molecular formula is C21H17BrN2O2S. The van der Waals surface area contributed by atoms with E-state index >= 15 is 0 Å². The summed E-state index contributed by atoms with van der Waals surface area (Å²) in [6, 6.07) is 25.5. The van der Waals surface area contributed by atoms with Crippen molar-refractivity contribution in [2.75, 3.05) is 0 Å². The van der Waals surface area contributed by atoms with E-state index in [-0.39, 0.29) is 10.9 Å². The molecule has 0 unspecified atom stereocenters. The van der Waals surface area contributed by atoms with Gasteiger partial charge in [-0.2, -0.15) is 17.9 Å². The van der Waals surface area contributed by atoms with Gasteiger partial charge >= 0.3 is 0 Å². The zero-order valence-corrected chi connectivity index (χ0v) is 16.8. The number of sulfonamides is 1. The number of halogens is 1. The molecule has 0 amide bonds. The van der Waals surface area contributed by atoms with Gasteiger partial charge in [-0.05, 0) is 35.4 Å². The maximum atomic E-state index is 13.3. The fourth-order valence-electron chi connectivity index (χ4n) is 3.15. The van der Waals surface area contributed by atoms with E-state index < -0.39 is 10.0 Å². The quantitative estimate of drug-likeness (QED) is 0.573. The lowest BCUT2D eigenvalue weighted by Crippen LogP contribution is -2.27. The van der Waals surface area contributed by atoms with Gasteiger partial charge in [0.25, 0.3) is 10.0 Å². The minimum absolute atomic E-state index is 0.241. The van der Waals surface area contributed by atoms with Gasteiger partial charge in [0.2, 0.25) is 0 Å². The molecule has 0 fully saturated rings. The number of hydrazone groups is 1. The second kappa shape index (κ2) is 7.29. The minimum Gasteiger partial charge on any atom is -0.200 e. The van der Waals surface area contributed by atoms with Gasteiger partial charge in [-0.15, -0.1) is 0 Å². The Morgan fingerprint density at radius 2 is 1.44 bits per heavy atom. The van der Waals surface area contributed by atoms with Crippen LogP contribution >= 0.6 is 15.9 Å². The van der Waals surface area contributed by atoms with E-state index in [1.54, 1.807) is 30.3 Å². The summed E-state index contributed by atoms with van der Waals surface area (Å²) in [6.07, 6.45) is 0.526. The van der Waals surface area contributed by atoms with Crippen molar-refractivity contribution >= 4 is 31.7 Å². The number of hydrogen-bond donors (Lipinski definition) is 0. The molecule has 136 valence electrons. The second-order valence-corrected chi connectivity index (χ2v) is 8.99. The molecule has 0 saturated carbocycles. The van der Waals surface area contributed by atoms with Crippen LogP contribution in [0.5, 0.6) is 0 Å². The van der Waals surface area contributed by atoms with Crippen LogP contribution in [0, 0.1) is 0 Å². The monoisotopic (exact) mass is 440 g/mol. The van der Waals surface area contributed by atoms with E-state index in [1.807, 2.05) is 54.6 Å². The van der Waals surface area contributed by atoms with Crippen molar-refractivity contribution in [3.05, 3.63) is 101 Å². The van der Waals surface area contributed by atoms with Gasteiger partial charge in [0, 0.05) is 10.9 Å². The minimum atomic E-state index is -3.75. The van der Waals surface area contributed by atoms with Crippen LogP contribution < -0.4 is 0 Å². The molecule has 1 atom stereocenters. The normalized spacial score (nSPS) is 17.0. The molecule has 3 aromatic rings. The Morgan fingerprint density at radius 1 is 0.852 bits per heavy atom. The highest BCUT2D eigenvalue weighted by Crippen LogP contribution is 2.37. The van der Waals surface area contributed by atoms with Gasteiger partial charge in [0.1, 0.15) is 0 Å². The van der Waals surface area contributed by atoms with Crippen molar-refractivity contribution < 1.29 is 8.42 Å². The summed E-state index contributed by atoms with van der Waals surface area (Å²) in [6.45, 7) is 0. The van der Waals surface area contributed by atoms with Crippen molar-refractivity contribution in [3.8, 4) is 0 Å². The molecule has 0 bridgehead atoms. The largest absolute Gasteiger partial charge is 0.279 e. The summed E-state index contributed by atoms with van der Waals surface area (Å²) >= 11 is 3.43. The van der Waals surface area contributed by atoms with Crippen LogP contribution in [0.15, 0.2) is 99.4 Å². The van der Waals surface area contributed by atoms with Crippen molar-refractivity contribution in [3.63, 3.8) is 0 Å². The summed E-state index contributed by atoms with van der Waals surface area (Å²) in [4.78, 5) is 0.241. The van der Waals surface area contributed by atoms with Crippen LogP contribution in [0.2, 0.25) is 0 Å². The van der Waals surface area contributed by atoms with E-state index in [9.17, 15) is 8.42 Å². The fourth-order valence-corrected chi connectivity index (χ4v) is 4.87. The smallest absolute Gasteiger partial charge is 0.200 e. The lowest BCUT2D eigenvalue weighted by Gasteiger charge is -2.23. The standard InChI is InChI=1S/C21H17BrN2O2S/c22-18-13-11-17(12-14-18)21-15-20(16-7-3-1-4-8-16)23-24(21)27(25,26)19-9-5-2-6-10-19/h1-14,21H,15H2/t21-/m1/s1. The summed E-state index contributed by atoms with van der Waals surface area (Å²) in [7, 11) is -3.75. The van der Waals surface area contributed by atoms with Crippen LogP contribution in [0.4, 0.5) is 0 Å². The topological polar surface area (TPSA) is 49.7 Å². The first kappa shape index (κ1) is 17.9. The Hall–Kier alpha value is -2.44. The third-order valence-electron chi connectivity index (χ3n) is 4.52. The number of benzene rings is 3. The number of hydrogen-bond acceptors (Lipinski definition) is 3. The first-order valence-corrected chi connectivity index (χ1v) is 10.8. The second-order valence-electron chi connectivity index (χ2n) is 6.27. The van der Waals surface area contributed by atoms with Gasteiger partial charge in [-0.3, -0.25) is 0 Å². The Kier molecular flexibility index (Phi) is 4.85. The zero-order chi connectivity index (χ0) is 18.9. The van der Waals surface area contributed by atoms with Crippen molar-refractivity contribution in [2.24, 2.45) is 5.10 Å². The molecule has 4 nitrogen and oxygen atoms in total. The fraction of sp³-hybridized carbons (Fsp3) is 0.0952. The molecule has 0 aromatic heterocycles. The van der Waals surface area contributed by atoms with Crippen molar-refractivity contribution in [1.29, 1.82) is 0 Å². The molecule has 4 rings (SSSR count). The van der Waals surface area contributed by atoms with Gasteiger partial charge in [0.05, 0.1) is 16.6 Å². The lowest BCUT2D eigenvalue weighted by molar-refractivity contribution is 0.371. The predicted molar refractivity (Wildman–Crippen MR) is 110 cm³/mol. The summed E-state index contributed by atoms with van der Waals surface area (Å²) in [5, 5.41) is 4.54. The molecule has 3 aromatic carbocycles. The highest BCUT2D eigenvalue weighted by atomic mass is 79.9. The third kappa shape index (κ3) is 3.55. The first-order valence-electron chi connectivity index (χ1n) is 8.53. The molecule has 27 heavy (non-hydrogen) atoms. The van der Waals surface area contributed by atoms with Crippen LogP contribution in [0.25, 0.3) is 0 Å². The lowest BCUT2D eigenvalue weighted by atomic mass is 9.99. The van der Waals surface area contributed by atoms with Crippen molar-refractivity contribution in [1.82, 2.24) is 4.41 Å². The number of rotatable bonds is 4. The van der Waals surface area contributed by atoms with Gasteiger partial charge in [0.15, 0.2) is 0 Å². The molecular weight excluding hydrogens is 424 g/mol. The molecule has 0 N–H and O–H groups in total. The molecule has 0 radical (unpaired) electrons. The van der Waals surface area contributed by atoms with Crippen LogP contribution in [0.3, 0.4) is 0 Å².